The molecule has 1 aliphatic heterocycles. The molecule has 0 radical (unpaired) electrons. The lowest BCUT2D eigenvalue weighted by Crippen LogP contribution is -2.35. The van der Waals surface area contributed by atoms with Gasteiger partial charge in [-0.15, -0.1) is 0 Å². The smallest absolute Gasteiger partial charge is 0.255 e. The number of halogens is 3. The molecule has 0 unspecified atom stereocenters. The second-order valence-corrected chi connectivity index (χ2v) is 6.54. The van der Waals surface area contributed by atoms with Gasteiger partial charge in [0.25, 0.3) is 5.56 Å². The highest BCUT2D eigenvalue weighted by Crippen LogP contribution is 2.21. The van der Waals surface area contributed by atoms with Crippen LogP contribution in [-0.2, 0) is 19.5 Å². The van der Waals surface area contributed by atoms with Crippen LogP contribution >= 0.6 is 0 Å². The van der Waals surface area contributed by atoms with E-state index in [9.17, 15) is 18.0 Å². The summed E-state index contributed by atoms with van der Waals surface area (Å²) in [5.74, 6) is -3.38. The first kappa shape index (κ1) is 17.5. The molecule has 3 aromatic rings. The predicted molar refractivity (Wildman–Crippen MR) is 94.4 cm³/mol. The van der Waals surface area contributed by atoms with Crippen molar-refractivity contribution in [2.75, 3.05) is 6.54 Å². The van der Waals surface area contributed by atoms with Crippen LogP contribution in [0, 0.1) is 17.5 Å². The van der Waals surface area contributed by atoms with Gasteiger partial charge in [-0.05, 0) is 17.7 Å². The van der Waals surface area contributed by atoms with Crippen molar-refractivity contribution in [3.63, 3.8) is 0 Å². The fourth-order valence-electron chi connectivity index (χ4n) is 3.31. The maximum absolute atomic E-state index is 13.4. The number of fused-ring (bicyclic) bond motifs is 1. The third kappa shape index (κ3) is 3.50. The fourth-order valence-corrected chi connectivity index (χ4v) is 3.31. The molecule has 1 N–H and O–H groups in total. The summed E-state index contributed by atoms with van der Waals surface area (Å²) in [6.07, 6.45) is 0.547. The number of aromatic nitrogens is 2. The maximum atomic E-state index is 13.4. The van der Waals surface area contributed by atoms with Gasteiger partial charge in [-0.1, -0.05) is 30.3 Å². The first-order chi connectivity index (χ1) is 13.0. The van der Waals surface area contributed by atoms with E-state index in [0.29, 0.717) is 36.5 Å². The maximum Gasteiger partial charge on any atom is 0.255 e. The van der Waals surface area contributed by atoms with Crippen LogP contribution in [0.3, 0.4) is 0 Å². The average Bonchev–Trinajstić information content (AvgIpc) is 2.67. The third-order valence-electron chi connectivity index (χ3n) is 4.64. The summed E-state index contributed by atoms with van der Waals surface area (Å²) < 4.78 is 39.9. The Morgan fingerprint density at radius 1 is 1.07 bits per heavy atom. The number of benzene rings is 2. The van der Waals surface area contributed by atoms with Crippen molar-refractivity contribution >= 4 is 0 Å². The Balaban J connectivity index is 1.58. The monoisotopic (exact) mass is 371 g/mol. The molecule has 7 heteroatoms. The molecule has 0 amide bonds. The molecule has 0 atom stereocenters. The van der Waals surface area contributed by atoms with Crippen molar-refractivity contribution in [1.29, 1.82) is 0 Å². The van der Waals surface area contributed by atoms with Crippen LogP contribution in [0.2, 0.25) is 0 Å². The van der Waals surface area contributed by atoms with E-state index in [4.69, 9.17) is 0 Å². The van der Waals surface area contributed by atoms with E-state index < -0.39 is 17.5 Å². The number of nitrogens with zero attached hydrogens (tertiary/aromatic N) is 2. The van der Waals surface area contributed by atoms with Gasteiger partial charge in [0.05, 0.1) is 11.3 Å². The molecule has 2 heterocycles. The van der Waals surface area contributed by atoms with Crippen LogP contribution in [0.1, 0.15) is 16.8 Å². The highest BCUT2D eigenvalue weighted by molar-refractivity contribution is 5.54. The normalized spacial score (nSPS) is 14.2. The topological polar surface area (TPSA) is 49.0 Å². The number of H-pyrrole nitrogens is 1. The number of hydrogen-bond acceptors (Lipinski definition) is 3. The van der Waals surface area contributed by atoms with Crippen molar-refractivity contribution in [1.82, 2.24) is 14.9 Å². The fraction of sp³-hybridized carbons (Fsp3) is 0.200. The van der Waals surface area contributed by atoms with Gasteiger partial charge in [-0.3, -0.25) is 9.69 Å². The van der Waals surface area contributed by atoms with E-state index in [-0.39, 0.29) is 12.1 Å². The van der Waals surface area contributed by atoms with Crippen LogP contribution in [-0.4, -0.2) is 21.4 Å². The molecule has 0 bridgehead atoms. The number of hydrogen-bond donors (Lipinski definition) is 1. The Morgan fingerprint density at radius 2 is 1.78 bits per heavy atom. The van der Waals surface area contributed by atoms with E-state index in [1.807, 2.05) is 35.2 Å². The Hall–Kier alpha value is -2.93. The second kappa shape index (κ2) is 7.00. The highest BCUT2D eigenvalue weighted by atomic mass is 19.2. The molecule has 0 aliphatic carbocycles. The summed E-state index contributed by atoms with van der Waals surface area (Å²) in [4.78, 5) is 21.8. The first-order valence-corrected chi connectivity index (χ1v) is 8.54. The Labute approximate surface area is 153 Å². The van der Waals surface area contributed by atoms with Crippen molar-refractivity contribution in [2.24, 2.45) is 0 Å². The molecule has 138 valence electrons. The quantitative estimate of drug-likeness (QED) is 0.718. The summed E-state index contributed by atoms with van der Waals surface area (Å²) in [5, 5.41) is 0. The molecular formula is C20H16F3N3O. The van der Waals surface area contributed by atoms with Crippen molar-refractivity contribution in [3.8, 4) is 11.4 Å². The minimum absolute atomic E-state index is 0.216. The molecule has 0 saturated heterocycles. The van der Waals surface area contributed by atoms with Crippen LogP contribution < -0.4 is 5.56 Å². The van der Waals surface area contributed by atoms with E-state index in [2.05, 4.69) is 9.97 Å². The Kier molecular flexibility index (Phi) is 4.53. The van der Waals surface area contributed by atoms with Gasteiger partial charge >= 0.3 is 0 Å². The van der Waals surface area contributed by atoms with Crippen molar-refractivity contribution in [3.05, 3.63) is 87.1 Å². The van der Waals surface area contributed by atoms with Crippen LogP contribution in [0.15, 0.2) is 47.3 Å². The number of nitrogens with one attached hydrogen (secondary N) is 1. The zero-order valence-corrected chi connectivity index (χ0v) is 14.3. The van der Waals surface area contributed by atoms with Gasteiger partial charge in [0.2, 0.25) is 0 Å². The largest absolute Gasteiger partial charge is 0.306 e. The summed E-state index contributed by atoms with van der Waals surface area (Å²) in [6, 6.07) is 11.3. The molecular weight excluding hydrogens is 355 g/mol. The van der Waals surface area contributed by atoms with Crippen molar-refractivity contribution < 1.29 is 13.2 Å². The minimum Gasteiger partial charge on any atom is -0.306 e. The van der Waals surface area contributed by atoms with Crippen molar-refractivity contribution in [2.45, 2.75) is 19.5 Å². The molecule has 4 rings (SSSR count). The molecule has 0 spiro atoms. The molecule has 27 heavy (non-hydrogen) atoms. The average molecular weight is 371 g/mol. The molecule has 0 saturated carbocycles. The lowest BCUT2D eigenvalue weighted by atomic mass is 10.1. The summed E-state index contributed by atoms with van der Waals surface area (Å²) in [5.41, 5.74) is 2.20. The molecule has 4 nitrogen and oxygen atoms in total. The summed E-state index contributed by atoms with van der Waals surface area (Å²) in [7, 11) is 0. The van der Waals surface area contributed by atoms with Gasteiger partial charge in [0.1, 0.15) is 5.82 Å². The van der Waals surface area contributed by atoms with E-state index >= 15 is 0 Å². The molecule has 1 aromatic heterocycles. The number of rotatable bonds is 3. The van der Waals surface area contributed by atoms with Crippen LogP contribution in [0.5, 0.6) is 0 Å². The van der Waals surface area contributed by atoms with E-state index in [1.165, 1.54) is 0 Å². The van der Waals surface area contributed by atoms with Crippen LogP contribution in [0.25, 0.3) is 11.4 Å². The number of aromatic amines is 1. The predicted octanol–water partition coefficient (Wildman–Crippen LogP) is 3.41. The molecule has 0 fully saturated rings. The second-order valence-electron chi connectivity index (χ2n) is 6.54. The van der Waals surface area contributed by atoms with Gasteiger partial charge in [0, 0.05) is 31.6 Å². The highest BCUT2D eigenvalue weighted by Gasteiger charge is 2.22. The summed E-state index contributed by atoms with van der Waals surface area (Å²) >= 11 is 0. The van der Waals surface area contributed by atoms with Gasteiger partial charge in [-0.25, -0.2) is 18.2 Å². The first-order valence-electron chi connectivity index (χ1n) is 8.54. The van der Waals surface area contributed by atoms with E-state index in [1.54, 1.807) is 0 Å². The standard InChI is InChI=1S/C20H16F3N3O/c21-15-8-12(9-16(22)18(15)23)10-26-7-6-17-14(11-26)20(27)25-19(24-17)13-4-2-1-3-5-13/h1-5,8-9H,6-7,10-11H2,(H,24,25,27). The molecule has 1 aliphatic rings. The molecule has 2 aromatic carbocycles. The SMILES string of the molecule is O=c1[nH]c(-c2ccccc2)nc2c1CN(Cc1cc(F)c(F)c(F)c1)CC2. The third-order valence-corrected chi connectivity index (χ3v) is 4.64. The van der Waals surface area contributed by atoms with Gasteiger partial charge < -0.3 is 4.98 Å². The Bertz CT molecular complexity index is 1030. The Morgan fingerprint density at radius 3 is 2.48 bits per heavy atom. The van der Waals surface area contributed by atoms with Gasteiger partial charge in [-0.2, -0.15) is 0 Å². The minimum atomic E-state index is -1.48. The summed E-state index contributed by atoms with van der Waals surface area (Å²) in [6.45, 7) is 1.11. The lowest BCUT2D eigenvalue weighted by molar-refractivity contribution is 0.241. The van der Waals surface area contributed by atoms with Gasteiger partial charge in [0.15, 0.2) is 17.5 Å². The zero-order valence-electron chi connectivity index (χ0n) is 14.3. The van der Waals surface area contributed by atoms with Crippen LogP contribution in [0.4, 0.5) is 13.2 Å². The zero-order chi connectivity index (χ0) is 19.0. The van der Waals surface area contributed by atoms with E-state index in [0.717, 1.165) is 23.4 Å². The lowest BCUT2D eigenvalue weighted by Gasteiger charge is -2.27.